The molecule has 0 unspecified atom stereocenters. The predicted octanol–water partition coefficient (Wildman–Crippen LogP) is 5.17. The Hall–Kier alpha value is -3.47. The van der Waals surface area contributed by atoms with Crippen LogP contribution >= 0.6 is 11.3 Å². The Bertz CT molecular complexity index is 1390. The van der Waals surface area contributed by atoms with Crippen LogP contribution in [0.1, 0.15) is 51.6 Å². The van der Waals surface area contributed by atoms with Crippen LogP contribution in [0.5, 0.6) is 0 Å². The van der Waals surface area contributed by atoms with Gasteiger partial charge in [0.1, 0.15) is 17.0 Å². The summed E-state index contributed by atoms with van der Waals surface area (Å²) in [6.07, 6.45) is 2.87. The molecule has 1 aliphatic carbocycles. The standard InChI is InChI=1S/C28H25N3O3S/c1-16-11-13-18(14-12-16)24-23-25(34-31(24)21-9-5-3-7-17(21)2)27(33)30(26(23)32)28-20(15-29)19-8-4-6-10-22(19)35-28/h3,5,7,9,11-14,23-25H,4,6,8,10H2,1-2H3/t23-,24+,25+/m1/s1. The average Bonchev–Trinajstić information content (AvgIpc) is 3.50. The van der Waals surface area contributed by atoms with Crippen molar-refractivity contribution in [3.05, 3.63) is 81.2 Å². The molecular formula is C28H25N3O3S. The topological polar surface area (TPSA) is 73.6 Å². The molecule has 2 aromatic carbocycles. The van der Waals surface area contributed by atoms with E-state index in [1.807, 2.05) is 62.4 Å². The van der Waals surface area contributed by atoms with Gasteiger partial charge in [0.25, 0.3) is 5.91 Å². The summed E-state index contributed by atoms with van der Waals surface area (Å²) in [5.41, 5.74) is 5.36. The van der Waals surface area contributed by atoms with Gasteiger partial charge in [-0.15, -0.1) is 11.3 Å². The molecule has 3 aliphatic rings. The number of anilines is 2. The molecule has 2 amide bonds. The summed E-state index contributed by atoms with van der Waals surface area (Å²) in [6.45, 7) is 4.01. The smallest absolute Gasteiger partial charge is 0.267 e. The van der Waals surface area contributed by atoms with Crippen molar-refractivity contribution in [2.24, 2.45) is 5.92 Å². The number of carbonyl (C=O) groups excluding carboxylic acids is 2. The SMILES string of the molecule is Cc1ccc([C@H]2[C@H]3C(=O)N(c4sc5c(c4C#N)CCCC5)C(=O)[C@H]3ON2c2ccccc2C)cc1. The number of carbonyl (C=O) groups is 2. The lowest BCUT2D eigenvalue weighted by Crippen LogP contribution is -2.37. The first kappa shape index (κ1) is 22.0. The van der Waals surface area contributed by atoms with E-state index in [4.69, 9.17) is 4.84 Å². The number of para-hydroxylation sites is 1. The van der Waals surface area contributed by atoms with Crippen molar-refractivity contribution >= 4 is 33.8 Å². The molecule has 3 heterocycles. The molecule has 7 heteroatoms. The zero-order chi connectivity index (χ0) is 24.3. The van der Waals surface area contributed by atoms with E-state index in [-0.39, 0.29) is 11.8 Å². The van der Waals surface area contributed by atoms with E-state index < -0.39 is 18.1 Å². The van der Waals surface area contributed by atoms with Crippen LogP contribution in [0.25, 0.3) is 0 Å². The van der Waals surface area contributed by atoms with Crippen LogP contribution in [0.3, 0.4) is 0 Å². The molecule has 6 rings (SSSR count). The Labute approximate surface area is 208 Å². The lowest BCUT2D eigenvalue weighted by atomic mass is 9.90. The van der Waals surface area contributed by atoms with Crippen molar-refractivity contribution in [1.29, 1.82) is 5.26 Å². The molecule has 2 fully saturated rings. The molecule has 0 bridgehead atoms. The fourth-order valence-corrected chi connectivity index (χ4v) is 6.91. The summed E-state index contributed by atoms with van der Waals surface area (Å²) in [4.78, 5) is 36.4. The van der Waals surface area contributed by atoms with Crippen molar-refractivity contribution in [1.82, 2.24) is 0 Å². The van der Waals surface area contributed by atoms with Crippen LogP contribution in [0.4, 0.5) is 10.7 Å². The highest BCUT2D eigenvalue weighted by Crippen LogP contribution is 2.50. The molecule has 0 saturated carbocycles. The lowest BCUT2D eigenvalue weighted by molar-refractivity contribution is -0.126. The van der Waals surface area contributed by atoms with Crippen LogP contribution in [0.15, 0.2) is 48.5 Å². The molecule has 0 N–H and O–H groups in total. The number of thiophene rings is 1. The molecule has 3 atom stereocenters. The normalized spacial score (nSPS) is 23.4. The van der Waals surface area contributed by atoms with Gasteiger partial charge in [-0.25, -0.2) is 9.96 Å². The third-order valence-electron chi connectivity index (χ3n) is 7.35. The second-order valence-electron chi connectivity index (χ2n) is 9.53. The second kappa shape index (κ2) is 8.33. The second-order valence-corrected chi connectivity index (χ2v) is 10.6. The summed E-state index contributed by atoms with van der Waals surface area (Å²) < 4.78 is 0. The third kappa shape index (κ3) is 3.32. The highest BCUT2D eigenvalue weighted by atomic mass is 32.1. The van der Waals surface area contributed by atoms with E-state index in [1.165, 1.54) is 16.2 Å². The van der Waals surface area contributed by atoms with Crippen LogP contribution in [0.2, 0.25) is 0 Å². The summed E-state index contributed by atoms with van der Waals surface area (Å²) in [5, 5.41) is 12.2. The largest absolute Gasteiger partial charge is 0.273 e. The number of aryl methyl sites for hydroxylation is 3. The maximum atomic E-state index is 14.0. The van der Waals surface area contributed by atoms with Crippen LogP contribution in [-0.2, 0) is 27.3 Å². The minimum Gasteiger partial charge on any atom is -0.273 e. The van der Waals surface area contributed by atoms with Gasteiger partial charge in [-0.1, -0.05) is 48.0 Å². The molecular weight excluding hydrogens is 458 g/mol. The Morgan fingerprint density at radius 1 is 1.00 bits per heavy atom. The van der Waals surface area contributed by atoms with E-state index in [0.29, 0.717) is 10.6 Å². The number of hydrogen-bond donors (Lipinski definition) is 0. The molecule has 35 heavy (non-hydrogen) atoms. The minimum absolute atomic E-state index is 0.295. The van der Waals surface area contributed by atoms with E-state index in [0.717, 1.165) is 58.5 Å². The Balaban J connectivity index is 1.45. The first-order valence-electron chi connectivity index (χ1n) is 12.0. The lowest BCUT2D eigenvalue weighted by Gasteiger charge is -2.29. The average molecular weight is 484 g/mol. The van der Waals surface area contributed by atoms with Gasteiger partial charge in [-0.2, -0.15) is 5.26 Å². The monoisotopic (exact) mass is 483 g/mol. The molecule has 2 aliphatic heterocycles. The summed E-state index contributed by atoms with van der Waals surface area (Å²) >= 11 is 1.42. The van der Waals surface area contributed by atoms with Crippen molar-refractivity contribution < 1.29 is 14.4 Å². The zero-order valence-corrected chi connectivity index (χ0v) is 20.5. The Morgan fingerprint density at radius 3 is 2.49 bits per heavy atom. The molecule has 0 spiro atoms. The van der Waals surface area contributed by atoms with Gasteiger partial charge in [0, 0.05) is 4.88 Å². The molecule has 0 radical (unpaired) electrons. The maximum Gasteiger partial charge on any atom is 0.267 e. The fraction of sp³-hybridized carbons (Fsp3) is 0.321. The number of benzene rings is 2. The van der Waals surface area contributed by atoms with Gasteiger partial charge < -0.3 is 0 Å². The number of fused-ring (bicyclic) bond motifs is 2. The molecule has 3 aromatic rings. The zero-order valence-electron chi connectivity index (χ0n) is 19.7. The number of hydrogen-bond acceptors (Lipinski definition) is 6. The number of nitrogens with zero attached hydrogens (tertiary/aromatic N) is 3. The maximum absolute atomic E-state index is 14.0. The first-order valence-corrected chi connectivity index (χ1v) is 12.8. The third-order valence-corrected chi connectivity index (χ3v) is 8.63. The van der Waals surface area contributed by atoms with Gasteiger partial charge in [-0.05, 0) is 62.3 Å². The molecule has 176 valence electrons. The van der Waals surface area contributed by atoms with E-state index in [2.05, 4.69) is 6.07 Å². The Morgan fingerprint density at radius 2 is 1.74 bits per heavy atom. The van der Waals surface area contributed by atoms with Crippen LogP contribution < -0.4 is 9.96 Å². The van der Waals surface area contributed by atoms with Gasteiger partial charge >= 0.3 is 0 Å². The number of rotatable bonds is 3. The first-order chi connectivity index (χ1) is 17.0. The highest BCUT2D eigenvalue weighted by Gasteiger charge is 2.61. The fourth-order valence-electron chi connectivity index (χ4n) is 5.56. The van der Waals surface area contributed by atoms with Gasteiger partial charge in [-0.3, -0.25) is 14.4 Å². The van der Waals surface area contributed by atoms with Gasteiger partial charge in [0.2, 0.25) is 5.91 Å². The number of amides is 2. The van der Waals surface area contributed by atoms with Crippen molar-refractivity contribution in [3.63, 3.8) is 0 Å². The van der Waals surface area contributed by atoms with Crippen molar-refractivity contribution in [3.8, 4) is 6.07 Å². The van der Waals surface area contributed by atoms with E-state index in [1.54, 1.807) is 5.06 Å². The van der Waals surface area contributed by atoms with Crippen molar-refractivity contribution in [2.45, 2.75) is 51.7 Å². The van der Waals surface area contributed by atoms with Crippen LogP contribution in [0, 0.1) is 31.1 Å². The van der Waals surface area contributed by atoms with Crippen LogP contribution in [-0.4, -0.2) is 17.9 Å². The van der Waals surface area contributed by atoms with E-state index >= 15 is 0 Å². The number of imide groups is 1. The quantitative estimate of drug-likeness (QED) is 0.481. The Kier molecular flexibility index (Phi) is 5.24. The summed E-state index contributed by atoms with van der Waals surface area (Å²) in [7, 11) is 0. The van der Waals surface area contributed by atoms with Gasteiger partial charge in [0.15, 0.2) is 6.10 Å². The van der Waals surface area contributed by atoms with Crippen molar-refractivity contribution in [2.75, 3.05) is 9.96 Å². The predicted molar refractivity (Wildman–Crippen MR) is 134 cm³/mol. The van der Waals surface area contributed by atoms with E-state index in [9.17, 15) is 14.9 Å². The highest BCUT2D eigenvalue weighted by molar-refractivity contribution is 7.17. The van der Waals surface area contributed by atoms with Gasteiger partial charge in [0.05, 0.1) is 17.3 Å². The summed E-state index contributed by atoms with van der Waals surface area (Å²) in [6, 6.07) is 17.7. The summed E-state index contributed by atoms with van der Waals surface area (Å²) in [5.74, 6) is -1.38. The molecule has 2 saturated heterocycles. The number of nitriles is 1. The molecule has 1 aromatic heterocycles. The molecule has 6 nitrogen and oxygen atoms in total. The number of hydroxylamine groups is 1. The minimum atomic E-state index is -0.931.